The molecule has 5 nitrogen and oxygen atoms in total. The van der Waals surface area contributed by atoms with E-state index in [-0.39, 0.29) is 49.8 Å². The van der Waals surface area contributed by atoms with Crippen LogP contribution in [0.4, 0.5) is 0 Å². The molecule has 0 bridgehead atoms. The number of ether oxygens (including phenoxy) is 2. The molecule has 0 unspecified atom stereocenters. The number of carbonyl (C=O) groups excluding carboxylic acids is 3. The molecular formula is C10H16O5. The van der Waals surface area contributed by atoms with Gasteiger partial charge in [0, 0.05) is 27.1 Å². The first-order valence-corrected chi connectivity index (χ1v) is 4.63. The molecule has 0 fully saturated rings. The van der Waals surface area contributed by atoms with Crippen LogP contribution in [0.15, 0.2) is 0 Å². The molecule has 0 aliphatic rings. The number of ketones is 3. The first-order chi connectivity index (χ1) is 7.10. The highest BCUT2D eigenvalue weighted by Crippen LogP contribution is 1.98. The molecule has 0 aliphatic carbocycles. The number of rotatable bonds is 9. The fraction of sp³-hybridized carbons (Fsp3) is 0.700. The van der Waals surface area contributed by atoms with Crippen LogP contribution in [0.5, 0.6) is 0 Å². The average Bonchev–Trinajstić information content (AvgIpc) is 2.15. The third-order valence-corrected chi connectivity index (χ3v) is 1.69. The summed E-state index contributed by atoms with van der Waals surface area (Å²) >= 11 is 0. The van der Waals surface area contributed by atoms with E-state index in [9.17, 15) is 14.4 Å². The third kappa shape index (κ3) is 7.96. The van der Waals surface area contributed by atoms with Crippen LogP contribution in [0.1, 0.15) is 19.3 Å². The molecule has 0 atom stereocenters. The molecule has 0 amide bonds. The van der Waals surface area contributed by atoms with E-state index < -0.39 is 0 Å². The number of carbonyl (C=O) groups is 3. The van der Waals surface area contributed by atoms with E-state index in [1.807, 2.05) is 0 Å². The van der Waals surface area contributed by atoms with Gasteiger partial charge in [-0.1, -0.05) is 0 Å². The third-order valence-electron chi connectivity index (χ3n) is 1.69. The van der Waals surface area contributed by atoms with Crippen molar-refractivity contribution in [1.82, 2.24) is 0 Å². The van der Waals surface area contributed by atoms with Crippen molar-refractivity contribution in [2.45, 2.75) is 19.3 Å². The molecule has 15 heavy (non-hydrogen) atoms. The van der Waals surface area contributed by atoms with E-state index in [0.29, 0.717) is 0 Å². The lowest BCUT2D eigenvalue weighted by molar-refractivity contribution is -0.131. The van der Waals surface area contributed by atoms with E-state index in [4.69, 9.17) is 0 Å². The lowest BCUT2D eigenvalue weighted by Gasteiger charge is -2.00. The van der Waals surface area contributed by atoms with Crippen molar-refractivity contribution in [2.75, 3.05) is 27.4 Å². The summed E-state index contributed by atoms with van der Waals surface area (Å²) in [7, 11) is 2.81. The Balaban J connectivity index is 3.66. The summed E-state index contributed by atoms with van der Waals surface area (Å²) in [6.07, 6.45) is 0.0681. The molecule has 0 N–H and O–H groups in total. The van der Waals surface area contributed by atoms with Crippen LogP contribution >= 0.6 is 0 Å². The van der Waals surface area contributed by atoms with Crippen molar-refractivity contribution >= 4 is 17.3 Å². The Bertz CT molecular complexity index is 234. The normalized spacial score (nSPS) is 10.0. The standard InChI is InChI=1S/C10H16O5/c1-14-6-9(12)4-3-8(11)5-10(13)7-15-2/h3-7H2,1-2H3. The van der Waals surface area contributed by atoms with Gasteiger partial charge in [0.25, 0.3) is 0 Å². The Morgan fingerprint density at radius 2 is 1.27 bits per heavy atom. The number of hydrogen-bond acceptors (Lipinski definition) is 5. The van der Waals surface area contributed by atoms with Crippen LogP contribution in [0.2, 0.25) is 0 Å². The minimum atomic E-state index is -0.262. The smallest absolute Gasteiger partial charge is 0.165 e. The molecule has 0 aromatic rings. The van der Waals surface area contributed by atoms with Gasteiger partial charge in [0.2, 0.25) is 0 Å². The number of hydrogen-bond donors (Lipinski definition) is 0. The molecule has 0 radical (unpaired) electrons. The molecule has 0 aliphatic heterocycles. The molecule has 0 saturated heterocycles. The average molecular weight is 216 g/mol. The van der Waals surface area contributed by atoms with Crippen LogP contribution in [0, 0.1) is 0 Å². The topological polar surface area (TPSA) is 69.7 Å². The number of methoxy groups -OCH3 is 2. The second-order valence-corrected chi connectivity index (χ2v) is 3.16. The van der Waals surface area contributed by atoms with Gasteiger partial charge in [0.05, 0.1) is 6.42 Å². The predicted octanol–water partition coefficient (Wildman–Crippen LogP) is 0.157. The van der Waals surface area contributed by atoms with Crippen LogP contribution < -0.4 is 0 Å². The van der Waals surface area contributed by atoms with Gasteiger partial charge in [0.15, 0.2) is 11.6 Å². The highest BCUT2D eigenvalue weighted by Gasteiger charge is 2.11. The highest BCUT2D eigenvalue weighted by atomic mass is 16.5. The molecule has 86 valence electrons. The maximum Gasteiger partial charge on any atom is 0.165 e. The molecule has 0 aromatic carbocycles. The molecular weight excluding hydrogens is 200 g/mol. The minimum Gasteiger partial charge on any atom is -0.377 e. The zero-order valence-electron chi connectivity index (χ0n) is 9.08. The summed E-state index contributed by atoms with van der Waals surface area (Å²) in [6.45, 7) is -0.0446. The van der Waals surface area contributed by atoms with Crippen molar-refractivity contribution in [3.8, 4) is 0 Å². The maximum absolute atomic E-state index is 11.2. The monoisotopic (exact) mass is 216 g/mol. The van der Waals surface area contributed by atoms with Gasteiger partial charge in [-0.25, -0.2) is 0 Å². The number of Topliss-reactive ketones (excluding diaryl/α,β-unsaturated/α-hetero) is 3. The van der Waals surface area contributed by atoms with Gasteiger partial charge in [0.1, 0.15) is 19.0 Å². The molecule has 0 spiro atoms. The first kappa shape index (κ1) is 13.9. The van der Waals surface area contributed by atoms with E-state index in [1.165, 1.54) is 14.2 Å². The van der Waals surface area contributed by atoms with Crippen molar-refractivity contribution in [1.29, 1.82) is 0 Å². The summed E-state index contributed by atoms with van der Waals surface area (Å²) in [6, 6.07) is 0. The van der Waals surface area contributed by atoms with Crippen molar-refractivity contribution in [2.24, 2.45) is 0 Å². The zero-order valence-corrected chi connectivity index (χ0v) is 9.08. The fourth-order valence-electron chi connectivity index (χ4n) is 1.03. The summed E-state index contributed by atoms with van der Waals surface area (Å²) in [4.78, 5) is 33.1. The SMILES string of the molecule is COCC(=O)CCC(=O)CC(=O)COC. The fourth-order valence-corrected chi connectivity index (χ4v) is 1.03. The van der Waals surface area contributed by atoms with E-state index in [2.05, 4.69) is 9.47 Å². The Morgan fingerprint density at radius 1 is 0.800 bits per heavy atom. The molecule has 5 heteroatoms. The summed E-state index contributed by atoms with van der Waals surface area (Å²) < 4.78 is 9.19. The molecule has 0 rings (SSSR count). The maximum atomic E-state index is 11.2. The quantitative estimate of drug-likeness (QED) is 0.513. The highest BCUT2D eigenvalue weighted by molar-refractivity contribution is 6.00. The Hall–Kier alpha value is -1.07. The van der Waals surface area contributed by atoms with Crippen LogP contribution in [0.3, 0.4) is 0 Å². The van der Waals surface area contributed by atoms with Crippen LogP contribution in [0.25, 0.3) is 0 Å². The zero-order chi connectivity index (χ0) is 11.7. The molecule has 0 saturated carbocycles. The van der Waals surface area contributed by atoms with E-state index >= 15 is 0 Å². The first-order valence-electron chi connectivity index (χ1n) is 4.63. The van der Waals surface area contributed by atoms with E-state index in [0.717, 1.165) is 0 Å². The van der Waals surface area contributed by atoms with Gasteiger partial charge in [-0.3, -0.25) is 14.4 Å². The lowest BCUT2D eigenvalue weighted by atomic mass is 10.1. The molecule has 0 heterocycles. The van der Waals surface area contributed by atoms with Gasteiger partial charge in [-0.05, 0) is 0 Å². The Morgan fingerprint density at radius 3 is 1.80 bits per heavy atom. The second kappa shape index (κ2) is 8.26. The minimum absolute atomic E-state index is 0.0132. The van der Waals surface area contributed by atoms with Gasteiger partial charge in [-0.15, -0.1) is 0 Å². The Kier molecular flexibility index (Phi) is 7.67. The van der Waals surface area contributed by atoms with Crippen molar-refractivity contribution < 1.29 is 23.9 Å². The predicted molar refractivity (Wildman–Crippen MR) is 52.6 cm³/mol. The van der Waals surface area contributed by atoms with Crippen molar-refractivity contribution in [3.63, 3.8) is 0 Å². The summed E-state index contributed by atoms with van der Waals surface area (Å²) in [5.41, 5.74) is 0. The molecule has 0 aromatic heterocycles. The van der Waals surface area contributed by atoms with Crippen LogP contribution in [-0.4, -0.2) is 44.8 Å². The largest absolute Gasteiger partial charge is 0.377 e. The Labute approximate surface area is 88.7 Å². The summed E-state index contributed by atoms with van der Waals surface area (Å²) in [5, 5.41) is 0. The van der Waals surface area contributed by atoms with E-state index in [1.54, 1.807) is 0 Å². The van der Waals surface area contributed by atoms with Crippen molar-refractivity contribution in [3.05, 3.63) is 0 Å². The second-order valence-electron chi connectivity index (χ2n) is 3.16. The van der Waals surface area contributed by atoms with Crippen LogP contribution in [-0.2, 0) is 23.9 Å². The lowest BCUT2D eigenvalue weighted by Crippen LogP contribution is -2.15. The van der Waals surface area contributed by atoms with Gasteiger partial charge in [-0.2, -0.15) is 0 Å². The van der Waals surface area contributed by atoms with Gasteiger partial charge < -0.3 is 9.47 Å². The van der Waals surface area contributed by atoms with Gasteiger partial charge >= 0.3 is 0 Å². The summed E-state index contributed by atoms with van der Waals surface area (Å²) in [5.74, 6) is -0.631.